The van der Waals surface area contributed by atoms with Crippen LogP contribution in [0.2, 0.25) is 0 Å². The number of nitrogens with zero attached hydrogens (tertiary/aromatic N) is 2. The van der Waals surface area contributed by atoms with Crippen molar-refractivity contribution in [1.82, 2.24) is 15.3 Å². The second kappa shape index (κ2) is 5.59. The van der Waals surface area contributed by atoms with Crippen LogP contribution in [-0.4, -0.2) is 22.4 Å². The first kappa shape index (κ1) is 12.5. The summed E-state index contributed by atoms with van der Waals surface area (Å²) in [5.74, 6) is -0.127. The Morgan fingerprint density at radius 2 is 2.33 bits per heavy atom. The maximum atomic E-state index is 11.9. The number of carbonyl (C=O) groups excluding carboxylic acids is 1. The summed E-state index contributed by atoms with van der Waals surface area (Å²) >= 11 is 1.21. The van der Waals surface area contributed by atoms with E-state index < -0.39 is 0 Å². The number of amides is 1. The van der Waals surface area contributed by atoms with Crippen molar-refractivity contribution in [3.63, 3.8) is 0 Å². The van der Waals surface area contributed by atoms with Crippen molar-refractivity contribution in [3.8, 4) is 0 Å². The van der Waals surface area contributed by atoms with E-state index in [1.54, 1.807) is 13.1 Å². The molecule has 0 bridgehead atoms. The van der Waals surface area contributed by atoms with Crippen LogP contribution in [0.25, 0.3) is 0 Å². The Balaban J connectivity index is 1.87. The summed E-state index contributed by atoms with van der Waals surface area (Å²) in [5, 5.41) is 3.26. The lowest BCUT2D eigenvalue weighted by molar-refractivity contribution is 0.0957. The Hall–Kier alpha value is -1.95. The van der Waals surface area contributed by atoms with E-state index in [9.17, 15) is 4.79 Å². The molecule has 2 aromatic rings. The average Bonchev–Trinajstić information content (AvgIpc) is 2.70. The molecule has 2 aromatic heterocycles. The number of anilines is 1. The van der Waals surface area contributed by atoms with E-state index in [4.69, 9.17) is 5.73 Å². The Morgan fingerprint density at radius 3 is 2.94 bits per heavy atom. The zero-order chi connectivity index (χ0) is 13.0. The van der Waals surface area contributed by atoms with Gasteiger partial charge in [-0.15, -0.1) is 0 Å². The van der Waals surface area contributed by atoms with Crippen molar-refractivity contribution < 1.29 is 4.79 Å². The molecule has 2 heterocycles. The van der Waals surface area contributed by atoms with Crippen molar-refractivity contribution in [3.05, 3.63) is 40.7 Å². The van der Waals surface area contributed by atoms with Crippen molar-refractivity contribution >= 4 is 22.4 Å². The number of hydrogen-bond acceptors (Lipinski definition) is 5. The van der Waals surface area contributed by atoms with Gasteiger partial charge in [-0.3, -0.25) is 9.78 Å². The zero-order valence-electron chi connectivity index (χ0n) is 10.0. The Bertz CT molecular complexity index is 538. The lowest BCUT2D eigenvalue weighted by atomic mass is 10.2. The van der Waals surface area contributed by atoms with Gasteiger partial charge in [-0.2, -0.15) is 0 Å². The molecule has 0 radical (unpaired) electrons. The van der Waals surface area contributed by atoms with Crippen LogP contribution in [-0.2, 0) is 6.42 Å². The van der Waals surface area contributed by atoms with E-state index >= 15 is 0 Å². The lowest BCUT2D eigenvalue weighted by Gasteiger charge is -2.03. The largest absolute Gasteiger partial charge is 0.375 e. The fraction of sp³-hybridized carbons (Fsp3) is 0.250. The van der Waals surface area contributed by atoms with Gasteiger partial charge in [-0.1, -0.05) is 17.4 Å². The molecule has 0 spiro atoms. The van der Waals surface area contributed by atoms with Gasteiger partial charge in [0.2, 0.25) is 0 Å². The van der Waals surface area contributed by atoms with Crippen LogP contribution < -0.4 is 11.1 Å². The number of carbonyl (C=O) groups is 1. The van der Waals surface area contributed by atoms with E-state index in [2.05, 4.69) is 15.3 Å². The van der Waals surface area contributed by atoms with Crippen molar-refractivity contribution in [2.24, 2.45) is 0 Å². The molecule has 0 saturated carbocycles. The van der Waals surface area contributed by atoms with E-state index in [-0.39, 0.29) is 5.91 Å². The van der Waals surface area contributed by atoms with Crippen LogP contribution in [0.5, 0.6) is 0 Å². The van der Waals surface area contributed by atoms with Crippen LogP contribution in [0, 0.1) is 6.92 Å². The molecule has 5 nitrogen and oxygen atoms in total. The zero-order valence-corrected chi connectivity index (χ0v) is 10.8. The lowest BCUT2D eigenvalue weighted by Crippen LogP contribution is -2.25. The predicted octanol–water partition coefficient (Wildman–Crippen LogP) is 1.40. The Morgan fingerprint density at radius 1 is 1.50 bits per heavy atom. The molecule has 0 aliphatic rings. The number of nitrogen functional groups attached to an aromatic ring is 1. The first-order chi connectivity index (χ1) is 8.66. The van der Waals surface area contributed by atoms with Gasteiger partial charge < -0.3 is 11.1 Å². The molecule has 1 amide bonds. The second-order valence-corrected chi connectivity index (χ2v) is 4.82. The number of aryl methyl sites for hydroxylation is 1. The molecule has 0 aliphatic heterocycles. The number of hydrogen-bond donors (Lipinski definition) is 2. The molecule has 6 heteroatoms. The molecular formula is C12H14N4OS. The van der Waals surface area contributed by atoms with Gasteiger partial charge in [0.15, 0.2) is 5.13 Å². The number of thiazole rings is 1. The molecule has 94 valence electrons. The van der Waals surface area contributed by atoms with Gasteiger partial charge in [-0.25, -0.2) is 4.98 Å². The van der Waals surface area contributed by atoms with E-state index in [0.717, 1.165) is 5.69 Å². The third-order valence-electron chi connectivity index (χ3n) is 2.41. The standard InChI is InChI=1S/C12H14N4OS/c1-8-10(18-12(13)16-8)11(17)15-7-5-9-4-2-3-6-14-9/h2-4,6H,5,7H2,1H3,(H2,13,16)(H,15,17). The fourth-order valence-corrected chi connectivity index (χ4v) is 2.31. The summed E-state index contributed by atoms with van der Waals surface area (Å²) in [6.07, 6.45) is 2.45. The van der Waals surface area contributed by atoms with Gasteiger partial charge >= 0.3 is 0 Å². The second-order valence-electron chi connectivity index (χ2n) is 3.79. The van der Waals surface area contributed by atoms with Gasteiger partial charge in [0.1, 0.15) is 4.88 Å². The van der Waals surface area contributed by atoms with Gasteiger partial charge in [0, 0.05) is 24.9 Å². The first-order valence-electron chi connectivity index (χ1n) is 5.58. The average molecular weight is 262 g/mol. The van der Waals surface area contributed by atoms with Gasteiger partial charge in [0.25, 0.3) is 5.91 Å². The predicted molar refractivity (Wildman–Crippen MR) is 71.5 cm³/mol. The molecule has 18 heavy (non-hydrogen) atoms. The molecule has 0 atom stereocenters. The number of pyridine rings is 1. The molecule has 0 aromatic carbocycles. The topological polar surface area (TPSA) is 80.9 Å². The normalized spacial score (nSPS) is 10.3. The fourth-order valence-electron chi connectivity index (χ4n) is 1.56. The summed E-state index contributed by atoms with van der Waals surface area (Å²) in [6, 6.07) is 5.73. The molecule has 0 saturated heterocycles. The van der Waals surface area contributed by atoms with Crippen LogP contribution in [0.1, 0.15) is 21.1 Å². The summed E-state index contributed by atoms with van der Waals surface area (Å²) in [6.45, 7) is 2.33. The highest BCUT2D eigenvalue weighted by molar-refractivity contribution is 7.17. The van der Waals surface area contributed by atoms with Crippen LogP contribution in [0.15, 0.2) is 24.4 Å². The maximum Gasteiger partial charge on any atom is 0.263 e. The number of nitrogens with two attached hydrogens (primary N) is 1. The van der Waals surface area contributed by atoms with Crippen molar-refractivity contribution in [2.45, 2.75) is 13.3 Å². The van der Waals surface area contributed by atoms with E-state index in [1.807, 2.05) is 18.2 Å². The van der Waals surface area contributed by atoms with Crippen LogP contribution in [0.4, 0.5) is 5.13 Å². The highest BCUT2D eigenvalue weighted by Gasteiger charge is 2.13. The third kappa shape index (κ3) is 3.04. The number of nitrogens with one attached hydrogen (secondary N) is 1. The Kier molecular flexibility index (Phi) is 3.88. The van der Waals surface area contributed by atoms with Crippen LogP contribution >= 0.6 is 11.3 Å². The minimum atomic E-state index is -0.127. The summed E-state index contributed by atoms with van der Waals surface area (Å²) in [5.41, 5.74) is 7.19. The van der Waals surface area contributed by atoms with Crippen molar-refractivity contribution in [2.75, 3.05) is 12.3 Å². The maximum absolute atomic E-state index is 11.9. The molecule has 0 fully saturated rings. The first-order valence-corrected chi connectivity index (χ1v) is 6.39. The number of rotatable bonds is 4. The molecule has 2 rings (SSSR count). The SMILES string of the molecule is Cc1nc(N)sc1C(=O)NCCc1ccccn1. The van der Waals surface area contributed by atoms with Gasteiger partial charge in [-0.05, 0) is 19.1 Å². The highest BCUT2D eigenvalue weighted by Crippen LogP contribution is 2.19. The molecule has 0 unspecified atom stereocenters. The molecule has 3 N–H and O–H groups in total. The quantitative estimate of drug-likeness (QED) is 0.872. The minimum Gasteiger partial charge on any atom is -0.375 e. The minimum absolute atomic E-state index is 0.127. The Labute approximate surface area is 109 Å². The van der Waals surface area contributed by atoms with E-state index in [0.29, 0.717) is 28.7 Å². The summed E-state index contributed by atoms with van der Waals surface area (Å²) in [7, 11) is 0. The van der Waals surface area contributed by atoms with E-state index in [1.165, 1.54) is 11.3 Å². The summed E-state index contributed by atoms with van der Waals surface area (Å²) < 4.78 is 0. The highest BCUT2D eigenvalue weighted by atomic mass is 32.1. The van der Waals surface area contributed by atoms with Crippen LogP contribution in [0.3, 0.4) is 0 Å². The third-order valence-corrected chi connectivity index (χ3v) is 3.40. The van der Waals surface area contributed by atoms with Crippen molar-refractivity contribution in [1.29, 1.82) is 0 Å². The molecular weight excluding hydrogens is 248 g/mol. The van der Waals surface area contributed by atoms with Gasteiger partial charge in [0.05, 0.1) is 5.69 Å². The smallest absolute Gasteiger partial charge is 0.263 e. The monoisotopic (exact) mass is 262 g/mol. The number of aromatic nitrogens is 2. The molecule has 0 aliphatic carbocycles. The summed E-state index contributed by atoms with van der Waals surface area (Å²) in [4.78, 5) is 20.6.